The molecule has 1 aromatic rings. The lowest BCUT2D eigenvalue weighted by atomic mass is 10.1. The van der Waals surface area contributed by atoms with Gasteiger partial charge in [-0.25, -0.2) is 4.79 Å². The summed E-state index contributed by atoms with van der Waals surface area (Å²) in [7, 11) is 0. The maximum atomic E-state index is 11.4. The molecule has 0 radical (unpaired) electrons. The topological polar surface area (TPSA) is 66.4 Å². The number of amides is 1. The molecule has 0 aromatic heterocycles. The van der Waals surface area contributed by atoms with Crippen LogP contribution in [0.2, 0.25) is 0 Å². The van der Waals surface area contributed by atoms with Crippen LogP contribution in [-0.4, -0.2) is 17.0 Å². The Balaban J connectivity index is 3.09. The fourth-order valence-electron chi connectivity index (χ4n) is 1.17. The number of aromatic carboxylic acids is 1. The highest BCUT2D eigenvalue weighted by Gasteiger charge is 2.12. The van der Waals surface area contributed by atoms with Crippen molar-refractivity contribution >= 4 is 17.6 Å². The Kier molecular flexibility index (Phi) is 3.45. The first-order valence-electron chi connectivity index (χ1n) is 4.72. The highest BCUT2D eigenvalue weighted by atomic mass is 16.4. The van der Waals surface area contributed by atoms with Crippen LogP contribution in [0.5, 0.6) is 0 Å². The van der Waals surface area contributed by atoms with E-state index in [1.165, 1.54) is 6.07 Å². The van der Waals surface area contributed by atoms with Crippen molar-refractivity contribution in [2.24, 2.45) is 0 Å². The average Bonchev–Trinajstić information content (AvgIpc) is 2.20. The second-order valence-corrected chi connectivity index (χ2v) is 3.59. The van der Waals surface area contributed by atoms with Crippen molar-refractivity contribution in [3.8, 4) is 0 Å². The number of rotatable bonds is 3. The van der Waals surface area contributed by atoms with Crippen molar-refractivity contribution in [2.45, 2.75) is 13.8 Å². The molecule has 2 N–H and O–H groups in total. The highest BCUT2D eigenvalue weighted by Crippen LogP contribution is 2.17. The van der Waals surface area contributed by atoms with Crippen molar-refractivity contribution in [1.82, 2.24) is 0 Å². The van der Waals surface area contributed by atoms with Gasteiger partial charge in [-0.3, -0.25) is 4.79 Å². The third-order valence-electron chi connectivity index (χ3n) is 2.04. The number of benzene rings is 1. The van der Waals surface area contributed by atoms with Crippen molar-refractivity contribution in [2.75, 3.05) is 5.32 Å². The van der Waals surface area contributed by atoms with Crippen LogP contribution in [0.1, 0.15) is 22.8 Å². The summed E-state index contributed by atoms with van der Waals surface area (Å²) in [5.74, 6) is -1.45. The molecule has 16 heavy (non-hydrogen) atoms. The summed E-state index contributed by atoms with van der Waals surface area (Å²) in [6, 6.07) is 4.82. The minimum Gasteiger partial charge on any atom is -0.478 e. The largest absolute Gasteiger partial charge is 0.478 e. The van der Waals surface area contributed by atoms with E-state index in [9.17, 15) is 9.59 Å². The maximum absolute atomic E-state index is 11.4. The molecule has 0 saturated heterocycles. The van der Waals surface area contributed by atoms with Crippen molar-refractivity contribution in [3.63, 3.8) is 0 Å². The van der Waals surface area contributed by atoms with E-state index >= 15 is 0 Å². The van der Waals surface area contributed by atoms with Crippen LogP contribution in [0.15, 0.2) is 30.4 Å². The van der Waals surface area contributed by atoms with Crippen molar-refractivity contribution < 1.29 is 14.7 Å². The molecular weight excluding hydrogens is 206 g/mol. The number of aryl methyl sites for hydroxylation is 1. The monoisotopic (exact) mass is 219 g/mol. The number of hydrogen-bond acceptors (Lipinski definition) is 2. The molecule has 0 unspecified atom stereocenters. The molecule has 4 heteroatoms. The molecule has 0 aliphatic rings. The van der Waals surface area contributed by atoms with Gasteiger partial charge in [0, 0.05) is 5.57 Å². The van der Waals surface area contributed by atoms with Crippen LogP contribution in [0.4, 0.5) is 5.69 Å². The fraction of sp³-hybridized carbons (Fsp3) is 0.167. The molecule has 0 aliphatic carbocycles. The third kappa shape index (κ3) is 2.70. The molecule has 1 rings (SSSR count). The van der Waals surface area contributed by atoms with E-state index in [1.54, 1.807) is 26.0 Å². The van der Waals surface area contributed by atoms with Crippen molar-refractivity contribution in [1.29, 1.82) is 0 Å². The van der Waals surface area contributed by atoms with E-state index in [4.69, 9.17) is 5.11 Å². The summed E-state index contributed by atoms with van der Waals surface area (Å²) in [6.07, 6.45) is 0. The first-order valence-corrected chi connectivity index (χ1v) is 4.72. The quantitative estimate of drug-likeness (QED) is 0.766. The number of carboxylic acid groups (broad SMARTS) is 1. The van der Waals surface area contributed by atoms with Gasteiger partial charge in [0.25, 0.3) is 5.91 Å². The van der Waals surface area contributed by atoms with Gasteiger partial charge >= 0.3 is 5.97 Å². The summed E-state index contributed by atoms with van der Waals surface area (Å²) in [6.45, 7) is 6.83. The van der Waals surface area contributed by atoms with Crippen LogP contribution >= 0.6 is 0 Å². The molecular formula is C12H13NO3. The Hall–Kier alpha value is -2.10. The molecule has 0 heterocycles. The van der Waals surface area contributed by atoms with E-state index in [0.717, 1.165) is 5.56 Å². The Morgan fingerprint density at radius 2 is 2.00 bits per heavy atom. The van der Waals surface area contributed by atoms with E-state index in [0.29, 0.717) is 5.57 Å². The molecule has 0 atom stereocenters. The van der Waals surface area contributed by atoms with Crippen LogP contribution < -0.4 is 5.32 Å². The number of anilines is 1. The summed E-state index contributed by atoms with van der Waals surface area (Å²) in [5, 5.41) is 11.5. The first-order chi connectivity index (χ1) is 7.41. The standard InChI is InChI=1S/C12H13NO3/c1-7(2)11(14)13-10-5-4-8(3)6-9(10)12(15)16/h4-6H,1H2,2-3H3,(H,13,14)(H,15,16). The van der Waals surface area contributed by atoms with Gasteiger partial charge in [-0.15, -0.1) is 0 Å². The summed E-state index contributed by atoms with van der Waals surface area (Å²) in [4.78, 5) is 22.3. The second-order valence-electron chi connectivity index (χ2n) is 3.59. The summed E-state index contributed by atoms with van der Waals surface area (Å²) >= 11 is 0. The van der Waals surface area contributed by atoms with E-state index in [2.05, 4.69) is 11.9 Å². The van der Waals surface area contributed by atoms with Crippen LogP contribution in [0.3, 0.4) is 0 Å². The molecule has 0 spiro atoms. The molecule has 1 amide bonds. The SMILES string of the molecule is C=C(C)C(=O)Nc1ccc(C)cc1C(=O)O. The van der Waals surface area contributed by atoms with Gasteiger partial charge in [0.05, 0.1) is 11.3 Å². The molecule has 4 nitrogen and oxygen atoms in total. The Bertz CT molecular complexity index is 463. The minimum absolute atomic E-state index is 0.0783. The molecule has 0 saturated carbocycles. The predicted molar refractivity (Wildman–Crippen MR) is 61.6 cm³/mol. The van der Waals surface area contributed by atoms with Crippen molar-refractivity contribution in [3.05, 3.63) is 41.5 Å². The highest BCUT2D eigenvalue weighted by molar-refractivity contribution is 6.06. The number of carbonyl (C=O) groups excluding carboxylic acids is 1. The maximum Gasteiger partial charge on any atom is 0.337 e. The zero-order chi connectivity index (χ0) is 12.3. The summed E-state index contributed by atoms with van der Waals surface area (Å²) in [5.41, 5.74) is 1.52. The van der Waals surface area contributed by atoms with Gasteiger partial charge in [0.1, 0.15) is 0 Å². The van der Waals surface area contributed by atoms with Gasteiger partial charge in [0.15, 0.2) is 0 Å². The molecule has 0 aliphatic heterocycles. The van der Waals surface area contributed by atoms with Gasteiger partial charge in [0.2, 0.25) is 0 Å². The van der Waals surface area contributed by atoms with E-state index < -0.39 is 5.97 Å². The number of carbonyl (C=O) groups is 2. The van der Waals surface area contributed by atoms with Gasteiger partial charge in [-0.2, -0.15) is 0 Å². The van der Waals surface area contributed by atoms with E-state index in [-0.39, 0.29) is 17.2 Å². The van der Waals surface area contributed by atoms with Crippen LogP contribution in [0.25, 0.3) is 0 Å². The number of hydrogen-bond donors (Lipinski definition) is 2. The van der Waals surface area contributed by atoms with Gasteiger partial charge < -0.3 is 10.4 Å². The lowest BCUT2D eigenvalue weighted by molar-refractivity contribution is -0.112. The minimum atomic E-state index is -1.07. The van der Waals surface area contributed by atoms with E-state index in [1.807, 2.05) is 0 Å². The average molecular weight is 219 g/mol. The lowest BCUT2D eigenvalue weighted by Crippen LogP contribution is -2.15. The molecule has 0 bridgehead atoms. The Morgan fingerprint density at radius 3 is 2.50 bits per heavy atom. The zero-order valence-corrected chi connectivity index (χ0v) is 9.20. The molecule has 0 fully saturated rings. The fourth-order valence-corrected chi connectivity index (χ4v) is 1.17. The van der Waals surface area contributed by atoms with Gasteiger partial charge in [-0.1, -0.05) is 18.2 Å². The Morgan fingerprint density at radius 1 is 1.38 bits per heavy atom. The predicted octanol–water partition coefficient (Wildman–Crippen LogP) is 2.21. The van der Waals surface area contributed by atoms with Gasteiger partial charge in [-0.05, 0) is 26.0 Å². The summed E-state index contributed by atoms with van der Waals surface area (Å²) < 4.78 is 0. The lowest BCUT2D eigenvalue weighted by Gasteiger charge is -2.08. The molecule has 1 aromatic carbocycles. The number of nitrogens with one attached hydrogen (secondary N) is 1. The second kappa shape index (κ2) is 4.61. The molecule has 84 valence electrons. The first kappa shape index (κ1) is 12.0. The zero-order valence-electron chi connectivity index (χ0n) is 9.20. The van der Waals surface area contributed by atoms with Crippen LogP contribution in [-0.2, 0) is 4.79 Å². The third-order valence-corrected chi connectivity index (χ3v) is 2.04. The van der Waals surface area contributed by atoms with Crippen LogP contribution in [0, 0.1) is 6.92 Å². The number of carboxylic acids is 1. The smallest absolute Gasteiger partial charge is 0.337 e. The Labute approximate surface area is 93.6 Å². The normalized spacial score (nSPS) is 9.62.